The Hall–Kier alpha value is -3.99. The van der Waals surface area contributed by atoms with E-state index in [-0.39, 0.29) is 28.6 Å². The highest BCUT2D eigenvalue weighted by Crippen LogP contribution is 2.47. The molecule has 0 amide bonds. The van der Waals surface area contributed by atoms with E-state index in [0.717, 1.165) is 0 Å². The van der Waals surface area contributed by atoms with E-state index in [0.29, 0.717) is 36.1 Å². The molecule has 0 fully saturated rings. The van der Waals surface area contributed by atoms with Crippen LogP contribution in [0.25, 0.3) is 0 Å². The van der Waals surface area contributed by atoms with Gasteiger partial charge in [0, 0.05) is 23.8 Å². The summed E-state index contributed by atoms with van der Waals surface area (Å²) in [6.07, 6.45) is 1.35. The Morgan fingerprint density at radius 1 is 1.17 bits per heavy atom. The van der Waals surface area contributed by atoms with Crippen LogP contribution in [0.5, 0.6) is 0 Å². The second-order valence-corrected chi connectivity index (χ2v) is 7.11. The first kappa shape index (κ1) is 19.3. The Kier molecular flexibility index (Phi) is 4.80. The lowest BCUT2D eigenvalue weighted by atomic mass is 9.75. The van der Waals surface area contributed by atoms with Crippen LogP contribution in [0.1, 0.15) is 30.7 Å². The minimum atomic E-state index is -0.739. The Balaban J connectivity index is 2.00. The molecule has 150 valence electrons. The van der Waals surface area contributed by atoms with Crippen LogP contribution in [0.15, 0.2) is 71.2 Å². The van der Waals surface area contributed by atoms with Gasteiger partial charge in [-0.25, -0.2) is 4.39 Å². The molecule has 30 heavy (non-hydrogen) atoms. The minimum absolute atomic E-state index is 0.0366. The van der Waals surface area contributed by atoms with Gasteiger partial charge in [0.2, 0.25) is 0 Å². The summed E-state index contributed by atoms with van der Waals surface area (Å²) in [5.41, 5.74) is 8.02. The summed E-state index contributed by atoms with van der Waals surface area (Å²) in [7, 11) is 0. The topological polar surface area (TPSA) is 113 Å². The lowest BCUT2D eigenvalue weighted by Gasteiger charge is -2.39. The Morgan fingerprint density at radius 2 is 1.87 bits per heavy atom. The van der Waals surface area contributed by atoms with E-state index in [1.54, 1.807) is 18.2 Å². The fourth-order valence-electron chi connectivity index (χ4n) is 4.16. The van der Waals surface area contributed by atoms with Gasteiger partial charge in [0.1, 0.15) is 17.3 Å². The average molecular weight is 404 g/mol. The van der Waals surface area contributed by atoms with Crippen LogP contribution in [0, 0.1) is 27.3 Å². The number of nitrogens with zero attached hydrogens (tertiary/aromatic N) is 3. The molecular formula is C22H17FN4O3. The standard InChI is InChI=1S/C22H17FN4O3/c23-14-10-8-13(9-11-14)20-15(12-24)22(25)26(18-6-3-7-19(28)21(18)20)16-4-1-2-5-17(16)27(29)30/h1-2,4-5,8-11,20H,3,6-7,25H2/t20-/m0/s1. The highest BCUT2D eigenvalue weighted by Gasteiger charge is 2.41. The van der Waals surface area contributed by atoms with E-state index in [2.05, 4.69) is 6.07 Å². The first-order valence-electron chi connectivity index (χ1n) is 9.39. The summed E-state index contributed by atoms with van der Waals surface area (Å²) >= 11 is 0. The van der Waals surface area contributed by atoms with Crippen molar-refractivity contribution < 1.29 is 14.1 Å². The number of carbonyl (C=O) groups is 1. The molecular weight excluding hydrogens is 387 g/mol. The molecule has 4 rings (SSSR count). The lowest BCUT2D eigenvalue weighted by Crippen LogP contribution is -2.39. The molecule has 2 aliphatic rings. The van der Waals surface area contributed by atoms with Gasteiger partial charge < -0.3 is 5.73 Å². The predicted octanol–water partition coefficient (Wildman–Crippen LogP) is 4.04. The number of nitriles is 1. The van der Waals surface area contributed by atoms with Crippen LogP contribution in [0.2, 0.25) is 0 Å². The van der Waals surface area contributed by atoms with Crippen LogP contribution < -0.4 is 10.6 Å². The smallest absolute Gasteiger partial charge is 0.293 e. The zero-order valence-corrected chi connectivity index (χ0v) is 15.8. The van der Waals surface area contributed by atoms with Crippen LogP contribution >= 0.6 is 0 Å². The Labute approximate surface area is 171 Å². The molecule has 2 aromatic rings. The summed E-state index contributed by atoms with van der Waals surface area (Å²) in [5, 5.41) is 21.5. The number of para-hydroxylation sites is 2. The number of benzene rings is 2. The van der Waals surface area contributed by atoms with Crippen molar-refractivity contribution in [3.05, 3.63) is 92.7 Å². The van der Waals surface area contributed by atoms with Gasteiger partial charge in [-0.3, -0.25) is 19.8 Å². The monoisotopic (exact) mass is 404 g/mol. The summed E-state index contributed by atoms with van der Waals surface area (Å²) < 4.78 is 13.5. The van der Waals surface area contributed by atoms with Gasteiger partial charge in [0.05, 0.1) is 22.5 Å². The molecule has 1 aliphatic carbocycles. The Bertz CT molecular complexity index is 1160. The first-order chi connectivity index (χ1) is 14.4. The number of rotatable bonds is 3. The highest BCUT2D eigenvalue weighted by atomic mass is 19.1. The third kappa shape index (κ3) is 3.01. The van der Waals surface area contributed by atoms with Gasteiger partial charge in [-0.15, -0.1) is 0 Å². The fraction of sp³-hybridized carbons (Fsp3) is 0.182. The molecule has 1 atom stereocenters. The molecule has 0 aromatic heterocycles. The maximum Gasteiger partial charge on any atom is 0.293 e. The molecule has 0 spiro atoms. The lowest BCUT2D eigenvalue weighted by molar-refractivity contribution is -0.384. The summed E-state index contributed by atoms with van der Waals surface area (Å²) in [4.78, 5) is 25.5. The maximum atomic E-state index is 13.5. The van der Waals surface area contributed by atoms with Crippen molar-refractivity contribution >= 4 is 17.2 Å². The average Bonchev–Trinajstić information content (AvgIpc) is 2.74. The van der Waals surface area contributed by atoms with Gasteiger partial charge in [0.25, 0.3) is 5.69 Å². The second kappa shape index (κ2) is 7.44. The number of carbonyl (C=O) groups excluding carboxylic acids is 1. The van der Waals surface area contributed by atoms with E-state index in [1.807, 2.05) is 0 Å². The molecule has 2 aromatic carbocycles. The number of ketones is 1. The molecule has 0 bridgehead atoms. The van der Waals surface area contributed by atoms with Crippen molar-refractivity contribution in [2.24, 2.45) is 5.73 Å². The minimum Gasteiger partial charge on any atom is -0.384 e. The number of nitro benzene ring substituents is 1. The number of anilines is 1. The first-order valence-corrected chi connectivity index (χ1v) is 9.39. The van der Waals surface area contributed by atoms with Gasteiger partial charge >= 0.3 is 0 Å². The van der Waals surface area contributed by atoms with Crippen molar-refractivity contribution in [3.8, 4) is 6.07 Å². The van der Waals surface area contributed by atoms with Crippen LogP contribution in [-0.4, -0.2) is 10.7 Å². The number of hydrogen-bond acceptors (Lipinski definition) is 6. The number of nitro groups is 1. The summed E-state index contributed by atoms with van der Waals surface area (Å²) in [5.74, 6) is -1.28. The van der Waals surface area contributed by atoms with Crippen molar-refractivity contribution in [2.45, 2.75) is 25.2 Å². The van der Waals surface area contributed by atoms with Crippen LogP contribution in [0.4, 0.5) is 15.8 Å². The zero-order valence-electron chi connectivity index (χ0n) is 15.8. The number of allylic oxidation sites excluding steroid dienone is 3. The van der Waals surface area contributed by atoms with Crippen molar-refractivity contribution in [1.82, 2.24) is 0 Å². The van der Waals surface area contributed by atoms with Crippen LogP contribution in [0.3, 0.4) is 0 Å². The molecule has 7 nitrogen and oxygen atoms in total. The number of hydrogen-bond donors (Lipinski definition) is 1. The van der Waals surface area contributed by atoms with Crippen molar-refractivity contribution in [1.29, 1.82) is 5.26 Å². The molecule has 8 heteroatoms. The van der Waals surface area contributed by atoms with Gasteiger partial charge in [-0.2, -0.15) is 5.26 Å². The third-order valence-electron chi connectivity index (χ3n) is 5.44. The molecule has 0 saturated carbocycles. The number of Topliss-reactive ketones (excluding diaryl/α,β-unsaturated/α-hetero) is 1. The molecule has 0 radical (unpaired) electrons. The third-order valence-corrected chi connectivity index (χ3v) is 5.44. The molecule has 0 unspecified atom stereocenters. The number of halogens is 1. The predicted molar refractivity (Wildman–Crippen MR) is 107 cm³/mol. The SMILES string of the molecule is N#CC1=C(N)N(c2ccccc2[N+](=O)[O-])C2=C(C(=O)CCC2)[C@H]1c1ccc(F)cc1. The zero-order chi connectivity index (χ0) is 21.4. The highest BCUT2D eigenvalue weighted by molar-refractivity contribution is 6.01. The van der Waals surface area contributed by atoms with Gasteiger partial charge in [0.15, 0.2) is 5.78 Å². The van der Waals surface area contributed by atoms with E-state index in [4.69, 9.17) is 5.73 Å². The summed E-state index contributed by atoms with van der Waals surface area (Å²) in [6.45, 7) is 0. The maximum absolute atomic E-state index is 13.5. The summed E-state index contributed by atoms with van der Waals surface area (Å²) in [6, 6.07) is 13.7. The molecule has 2 N–H and O–H groups in total. The van der Waals surface area contributed by atoms with Crippen molar-refractivity contribution in [2.75, 3.05) is 4.90 Å². The largest absolute Gasteiger partial charge is 0.384 e. The number of nitrogens with two attached hydrogens (primary N) is 1. The van der Waals surface area contributed by atoms with E-state index < -0.39 is 16.7 Å². The van der Waals surface area contributed by atoms with E-state index in [1.165, 1.54) is 35.2 Å². The normalized spacial score (nSPS) is 18.9. The molecule has 0 saturated heterocycles. The van der Waals surface area contributed by atoms with Crippen molar-refractivity contribution in [3.63, 3.8) is 0 Å². The Morgan fingerprint density at radius 3 is 2.53 bits per heavy atom. The van der Waals surface area contributed by atoms with E-state index >= 15 is 0 Å². The quantitative estimate of drug-likeness (QED) is 0.610. The van der Waals surface area contributed by atoms with E-state index in [9.17, 15) is 24.6 Å². The van der Waals surface area contributed by atoms with Gasteiger partial charge in [-0.05, 0) is 36.6 Å². The molecule has 1 aliphatic heterocycles. The van der Waals surface area contributed by atoms with Crippen LogP contribution in [-0.2, 0) is 4.79 Å². The van der Waals surface area contributed by atoms with Gasteiger partial charge in [-0.1, -0.05) is 24.3 Å². The second-order valence-electron chi connectivity index (χ2n) is 7.11. The fourth-order valence-corrected chi connectivity index (χ4v) is 4.16. The molecule has 1 heterocycles.